The number of benzene rings is 2. The third kappa shape index (κ3) is 2.93. The highest BCUT2D eigenvalue weighted by molar-refractivity contribution is 6.31. The van der Waals surface area contributed by atoms with Crippen LogP contribution in [0.1, 0.15) is 11.1 Å². The van der Waals surface area contributed by atoms with Crippen LogP contribution < -0.4 is 10.5 Å². The fraction of sp³-hybridized carbons (Fsp3) is 0.143. The first-order chi connectivity index (χ1) is 8.56. The van der Waals surface area contributed by atoms with Gasteiger partial charge in [0.1, 0.15) is 18.2 Å². The number of ether oxygens (including phenoxy) is 1. The molecule has 0 radical (unpaired) electrons. The van der Waals surface area contributed by atoms with Crippen LogP contribution in [-0.2, 0) is 6.61 Å². The number of halogens is 2. The van der Waals surface area contributed by atoms with E-state index in [9.17, 15) is 4.39 Å². The molecule has 0 unspecified atom stereocenters. The first kappa shape index (κ1) is 12.7. The highest BCUT2D eigenvalue weighted by Crippen LogP contribution is 2.22. The Balaban J connectivity index is 2.06. The number of anilines is 1. The van der Waals surface area contributed by atoms with Crippen LogP contribution in [-0.4, -0.2) is 0 Å². The third-order valence-corrected chi connectivity index (χ3v) is 3.02. The van der Waals surface area contributed by atoms with Crippen LogP contribution in [0.2, 0.25) is 5.02 Å². The minimum atomic E-state index is -0.427. The normalized spacial score (nSPS) is 10.4. The zero-order chi connectivity index (χ0) is 13.1. The van der Waals surface area contributed by atoms with Crippen LogP contribution in [0.4, 0.5) is 10.1 Å². The average molecular weight is 266 g/mol. The highest BCUT2D eigenvalue weighted by atomic mass is 35.5. The average Bonchev–Trinajstić information content (AvgIpc) is 2.35. The summed E-state index contributed by atoms with van der Waals surface area (Å²) >= 11 is 5.92. The lowest BCUT2D eigenvalue weighted by atomic mass is 10.2. The van der Waals surface area contributed by atoms with Gasteiger partial charge in [-0.1, -0.05) is 17.7 Å². The number of nitrogens with two attached hydrogens (primary N) is 1. The van der Waals surface area contributed by atoms with Gasteiger partial charge in [0.2, 0.25) is 0 Å². The SMILES string of the molecule is Cc1cc(OCc2ccc(N)c(F)c2)ccc1Cl. The number of aryl methyl sites for hydroxylation is 1. The molecule has 2 N–H and O–H groups in total. The predicted octanol–water partition coefficient (Wildman–Crippen LogP) is 3.95. The molecule has 0 atom stereocenters. The third-order valence-electron chi connectivity index (χ3n) is 2.60. The van der Waals surface area contributed by atoms with Crippen LogP contribution in [0.5, 0.6) is 5.75 Å². The number of nitrogen functional groups attached to an aromatic ring is 1. The Morgan fingerprint density at radius 2 is 2.00 bits per heavy atom. The molecule has 0 aliphatic heterocycles. The van der Waals surface area contributed by atoms with Crippen LogP contribution in [0.15, 0.2) is 36.4 Å². The second kappa shape index (κ2) is 5.27. The molecule has 0 fully saturated rings. The summed E-state index contributed by atoms with van der Waals surface area (Å²) in [7, 11) is 0. The quantitative estimate of drug-likeness (QED) is 0.853. The number of hydrogen-bond donors (Lipinski definition) is 1. The molecule has 0 heterocycles. The second-order valence-corrected chi connectivity index (χ2v) is 4.46. The zero-order valence-corrected chi connectivity index (χ0v) is 10.7. The van der Waals surface area contributed by atoms with Crippen molar-refractivity contribution in [2.45, 2.75) is 13.5 Å². The lowest BCUT2D eigenvalue weighted by Gasteiger charge is -2.08. The van der Waals surface area contributed by atoms with Gasteiger partial charge in [0.25, 0.3) is 0 Å². The minimum absolute atomic E-state index is 0.140. The smallest absolute Gasteiger partial charge is 0.146 e. The van der Waals surface area contributed by atoms with E-state index in [4.69, 9.17) is 22.1 Å². The van der Waals surface area contributed by atoms with Crippen molar-refractivity contribution in [2.75, 3.05) is 5.73 Å². The van der Waals surface area contributed by atoms with Crippen molar-refractivity contribution in [3.8, 4) is 5.75 Å². The maximum Gasteiger partial charge on any atom is 0.146 e. The van der Waals surface area contributed by atoms with Gasteiger partial charge in [-0.25, -0.2) is 4.39 Å². The van der Waals surface area contributed by atoms with E-state index in [1.165, 1.54) is 12.1 Å². The Kier molecular flexibility index (Phi) is 3.72. The molecule has 4 heteroatoms. The predicted molar refractivity (Wildman–Crippen MR) is 71.3 cm³/mol. The topological polar surface area (TPSA) is 35.2 Å². The second-order valence-electron chi connectivity index (χ2n) is 4.06. The minimum Gasteiger partial charge on any atom is -0.489 e. The van der Waals surface area contributed by atoms with Gasteiger partial charge in [-0.05, 0) is 48.4 Å². The highest BCUT2D eigenvalue weighted by Gasteiger charge is 2.02. The van der Waals surface area contributed by atoms with Gasteiger partial charge in [0.15, 0.2) is 0 Å². The van der Waals surface area contributed by atoms with Crippen LogP contribution in [0, 0.1) is 12.7 Å². The van der Waals surface area contributed by atoms with Crippen molar-refractivity contribution in [1.82, 2.24) is 0 Å². The fourth-order valence-corrected chi connectivity index (χ4v) is 1.65. The summed E-state index contributed by atoms with van der Waals surface area (Å²) in [4.78, 5) is 0. The molecule has 18 heavy (non-hydrogen) atoms. The Morgan fingerprint density at radius 3 is 2.67 bits per heavy atom. The summed E-state index contributed by atoms with van der Waals surface area (Å²) in [5.41, 5.74) is 7.22. The molecule has 2 aromatic rings. The summed E-state index contributed by atoms with van der Waals surface area (Å²) in [6.45, 7) is 2.19. The molecule has 2 nitrogen and oxygen atoms in total. The molecule has 0 aromatic heterocycles. The molecule has 94 valence electrons. The van der Waals surface area contributed by atoms with Crippen LogP contribution in [0.25, 0.3) is 0 Å². The zero-order valence-electron chi connectivity index (χ0n) is 9.91. The van der Waals surface area contributed by atoms with Gasteiger partial charge < -0.3 is 10.5 Å². The summed E-state index contributed by atoms with van der Waals surface area (Å²) < 4.78 is 18.8. The largest absolute Gasteiger partial charge is 0.489 e. The summed E-state index contributed by atoms with van der Waals surface area (Å²) in [5.74, 6) is 0.275. The van der Waals surface area contributed by atoms with Crippen molar-refractivity contribution < 1.29 is 9.13 Å². The Morgan fingerprint density at radius 1 is 1.22 bits per heavy atom. The maximum absolute atomic E-state index is 13.2. The van der Waals surface area contributed by atoms with E-state index in [1.54, 1.807) is 18.2 Å². The molecule has 0 saturated heterocycles. The van der Waals surface area contributed by atoms with Crippen LogP contribution >= 0.6 is 11.6 Å². The summed E-state index contributed by atoms with van der Waals surface area (Å²) in [6.07, 6.45) is 0. The van der Waals surface area contributed by atoms with Crippen molar-refractivity contribution in [2.24, 2.45) is 0 Å². The van der Waals surface area contributed by atoms with Crippen molar-refractivity contribution >= 4 is 17.3 Å². The van der Waals surface area contributed by atoms with Gasteiger partial charge in [-0.3, -0.25) is 0 Å². The summed E-state index contributed by atoms with van der Waals surface area (Å²) in [5, 5.41) is 0.695. The van der Waals surface area contributed by atoms with Crippen molar-refractivity contribution in [1.29, 1.82) is 0 Å². The van der Waals surface area contributed by atoms with E-state index in [2.05, 4.69) is 0 Å². The molecular formula is C14H13ClFNO. The van der Waals surface area contributed by atoms with Gasteiger partial charge >= 0.3 is 0 Å². The van der Waals surface area contributed by atoms with Gasteiger partial charge in [0, 0.05) is 5.02 Å². The van der Waals surface area contributed by atoms with Crippen molar-refractivity contribution in [3.63, 3.8) is 0 Å². The van der Waals surface area contributed by atoms with Gasteiger partial charge in [-0.2, -0.15) is 0 Å². The van der Waals surface area contributed by atoms with Gasteiger partial charge in [0.05, 0.1) is 5.69 Å². The first-order valence-corrected chi connectivity index (χ1v) is 5.87. The molecule has 2 rings (SSSR count). The first-order valence-electron chi connectivity index (χ1n) is 5.49. The van der Waals surface area contributed by atoms with Crippen LogP contribution in [0.3, 0.4) is 0 Å². The van der Waals surface area contributed by atoms with E-state index in [0.29, 0.717) is 10.8 Å². The number of rotatable bonds is 3. The number of hydrogen-bond acceptors (Lipinski definition) is 2. The Bertz CT molecular complexity index is 520. The Hall–Kier alpha value is -1.74. The molecule has 0 aliphatic carbocycles. The lowest BCUT2D eigenvalue weighted by molar-refractivity contribution is 0.305. The van der Waals surface area contributed by atoms with E-state index in [1.807, 2.05) is 13.0 Å². The van der Waals surface area contributed by atoms with E-state index < -0.39 is 5.82 Å². The molecule has 0 bridgehead atoms. The lowest BCUT2D eigenvalue weighted by Crippen LogP contribution is -1.98. The Labute approximate surface area is 110 Å². The van der Waals surface area contributed by atoms with E-state index >= 15 is 0 Å². The molecule has 0 aliphatic rings. The maximum atomic E-state index is 13.2. The van der Waals surface area contributed by atoms with E-state index in [-0.39, 0.29) is 12.3 Å². The standard InChI is InChI=1S/C14H13ClFNO/c1-9-6-11(3-4-12(9)15)18-8-10-2-5-14(17)13(16)7-10/h2-7H,8,17H2,1H3. The molecule has 0 saturated carbocycles. The monoisotopic (exact) mass is 265 g/mol. The molecular weight excluding hydrogens is 253 g/mol. The molecule has 2 aromatic carbocycles. The summed E-state index contributed by atoms with van der Waals surface area (Å²) in [6, 6.07) is 10.0. The van der Waals surface area contributed by atoms with Gasteiger partial charge in [-0.15, -0.1) is 0 Å². The van der Waals surface area contributed by atoms with E-state index in [0.717, 1.165) is 11.1 Å². The fourth-order valence-electron chi connectivity index (χ4n) is 1.53. The van der Waals surface area contributed by atoms with Crippen molar-refractivity contribution in [3.05, 3.63) is 58.4 Å². The molecule has 0 amide bonds. The molecule has 0 spiro atoms.